The summed E-state index contributed by atoms with van der Waals surface area (Å²) in [7, 11) is 1.69. The quantitative estimate of drug-likeness (QED) is 0.810. The molecular weight excluding hydrogens is 244 g/mol. The maximum atomic E-state index is 12.0. The maximum absolute atomic E-state index is 12.0. The third-order valence-corrected chi connectivity index (χ3v) is 3.26. The number of amides is 1. The second-order valence-corrected chi connectivity index (χ2v) is 4.81. The molecule has 1 aliphatic heterocycles. The minimum atomic E-state index is 0.0148. The van der Waals surface area contributed by atoms with Crippen molar-refractivity contribution < 1.29 is 14.3 Å². The van der Waals surface area contributed by atoms with E-state index in [-0.39, 0.29) is 12.5 Å². The molecule has 0 saturated carbocycles. The van der Waals surface area contributed by atoms with Gasteiger partial charge < -0.3 is 20.1 Å². The van der Waals surface area contributed by atoms with Gasteiger partial charge in [0.2, 0.25) is 0 Å². The molecule has 19 heavy (non-hydrogen) atoms. The van der Waals surface area contributed by atoms with Gasteiger partial charge in [-0.3, -0.25) is 4.79 Å². The molecule has 1 fully saturated rings. The summed E-state index contributed by atoms with van der Waals surface area (Å²) in [6.07, 6.45) is 0.998. The van der Waals surface area contributed by atoms with Gasteiger partial charge >= 0.3 is 0 Å². The summed E-state index contributed by atoms with van der Waals surface area (Å²) in [4.78, 5) is 13.8. The molecule has 2 rings (SSSR count). The second kappa shape index (κ2) is 6.43. The Morgan fingerprint density at radius 2 is 2.37 bits per heavy atom. The number of carbonyl (C=O) groups excluding carboxylic acids is 1. The molecule has 1 saturated heterocycles. The molecule has 0 radical (unpaired) electrons. The highest BCUT2D eigenvalue weighted by molar-refractivity contribution is 5.78. The van der Waals surface area contributed by atoms with Crippen LogP contribution in [0.5, 0.6) is 5.75 Å². The molecule has 2 N–H and O–H groups in total. The molecule has 1 heterocycles. The van der Waals surface area contributed by atoms with Gasteiger partial charge in [0, 0.05) is 37.9 Å². The first-order chi connectivity index (χ1) is 9.19. The van der Waals surface area contributed by atoms with Gasteiger partial charge in [-0.15, -0.1) is 0 Å². The molecule has 0 aromatic heterocycles. The van der Waals surface area contributed by atoms with Crippen LogP contribution in [0.1, 0.15) is 6.42 Å². The van der Waals surface area contributed by atoms with Crippen molar-refractivity contribution in [3.63, 3.8) is 0 Å². The average Bonchev–Trinajstić information content (AvgIpc) is 2.85. The van der Waals surface area contributed by atoms with E-state index in [1.807, 2.05) is 4.90 Å². The molecule has 104 valence electrons. The summed E-state index contributed by atoms with van der Waals surface area (Å²) in [6, 6.07) is 7.09. The monoisotopic (exact) mass is 264 g/mol. The average molecular weight is 264 g/mol. The van der Waals surface area contributed by atoms with Crippen molar-refractivity contribution in [3.05, 3.63) is 24.3 Å². The van der Waals surface area contributed by atoms with Gasteiger partial charge in [0.25, 0.3) is 5.91 Å². The molecule has 1 unspecified atom stereocenters. The van der Waals surface area contributed by atoms with Gasteiger partial charge in [0.15, 0.2) is 6.61 Å². The smallest absolute Gasteiger partial charge is 0.260 e. The summed E-state index contributed by atoms with van der Waals surface area (Å²) in [6.45, 7) is 2.31. The van der Waals surface area contributed by atoms with Crippen LogP contribution in [0.4, 0.5) is 5.69 Å². The molecule has 5 nitrogen and oxygen atoms in total. The Labute approximate surface area is 113 Å². The lowest BCUT2D eigenvalue weighted by atomic mass is 10.1. The number of ether oxygens (including phenoxy) is 2. The van der Waals surface area contributed by atoms with E-state index in [0.29, 0.717) is 24.0 Å². The Kier molecular flexibility index (Phi) is 4.63. The number of hydrogen-bond donors (Lipinski definition) is 1. The van der Waals surface area contributed by atoms with Gasteiger partial charge in [0.05, 0.1) is 6.61 Å². The summed E-state index contributed by atoms with van der Waals surface area (Å²) >= 11 is 0. The Bertz CT molecular complexity index is 436. The normalized spacial score (nSPS) is 18.6. The van der Waals surface area contributed by atoms with E-state index in [4.69, 9.17) is 15.2 Å². The van der Waals surface area contributed by atoms with Crippen molar-refractivity contribution in [1.82, 2.24) is 4.90 Å². The molecule has 0 bridgehead atoms. The first-order valence-corrected chi connectivity index (χ1v) is 6.44. The van der Waals surface area contributed by atoms with Crippen LogP contribution in [0.3, 0.4) is 0 Å². The lowest BCUT2D eigenvalue weighted by Gasteiger charge is -2.16. The van der Waals surface area contributed by atoms with E-state index in [9.17, 15) is 4.79 Å². The molecule has 1 aliphatic rings. The van der Waals surface area contributed by atoms with Crippen LogP contribution in [0, 0.1) is 5.92 Å². The van der Waals surface area contributed by atoms with Gasteiger partial charge in [-0.1, -0.05) is 6.07 Å². The zero-order valence-corrected chi connectivity index (χ0v) is 11.2. The van der Waals surface area contributed by atoms with E-state index in [2.05, 4.69) is 0 Å². The fourth-order valence-corrected chi connectivity index (χ4v) is 2.27. The Hall–Kier alpha value is -1.75. The maximum Gasteiger partial charge on any atom is 0.260 e. The molecule has 1 aromatic carbocycles. The molecule has 0 spiro atoms. The fourth-order valence-electron chi connectivity index (χ4n) is 2.27. The van der Waals surface area contributed by atoms with Crippen LogP contribution in [0.15, 0.2) is 24.3 Å². The Balaban J connectivity index is 1.79. The fraction of sp³-hybridized carbons (Fsp3) is 0.500. The van der Waals surface area contributed by atoms with Crippen molar-refractivity contribution in [2.24, 2.45) is 5.92 Å². The summed E-state index contributed by atoms with van der Waals surface area (Å²) in [5, 5.41) is 0. The first-order valence-electron chi connectivity index (χ1n) is 6.44. The van der Waals surface area contributed by atoms with Gasteiger partial charge in [-0.2, -0.15) is 0 Å². The van der Waals surface area contributed by atoms with Gasteiger partial charge in [0.1, 0.15) is 5.75 Å². The molecule has 1 atom stereocenters. The minimum Gasteiger partial charge on any atom is -0.484 e. The molecular formula is C14H20N2O3. The van der Waals surface area contributed by atoms with Gasteiger partial charge in [-0.25, -0.2) is 0 Å². The lowest BCUT2D eigenvalue weighted by molar-refractivity contribution is -0.132. The second-order valence-electron chi connectivity index (χ2n) is 4.81. The number of nitrogens with two attached hydrogens (primary N) is 1. The van der Waals surface area contributed by atoms with E-state index in [1.54, 1.807) is 31.4 Å². The van der Waals surface area contributed by atoms with Crippen molar-refractivity contribution >= 4 is 11.6 Å². The third kappa shape index (κ3) is 3.86. The summed E-state index contributed by atoms with van der Waals surface area (Å²) < 4.78 is 10.6. The Morgan fingerprint density at radius 3 is 3.11 bits per heavy atom. The Morgan fingerprint density at radius 1 is 1.53 bits per heavy atom. The number of anilines is 1. The summed E-state index contributed by atoms with van der Waals surface area (Å²) in [5.74, 6) is 1.09. The molecule has 0 aliphatic carbocycles. The number of rotatable bonds is 5. The minimum absolute atomic E-state index is 0.0148. The van der Waals surface area contributed by atoms with Crippen molar-refractivity contribution in [3.8, 4) is 5.75 Å². The number of benzene rings is 1. The van der Waals surface area contributed by atoms with E-state index in [1.165, 1.54) is 0 Å². The van der Waals surface area contributed by atoms with Crippen LogP contribution in [0.25, 0.3) is 0 Å². The zero-order chi connectivity index (χ0) is 13.7. The lowest BCUT2D eigenvalue weighted by Crippen LogP contribution is -2.33. The van der Waals surface area contributed by atoms with Crippen LogP contribution >= 0.6 is 0 Å². The number of methoxy groups -OCH3 is 1. The molecule has 1 aromatic rings. The van der Waals surface area contributed by atoms with Crippen molar-refractivity contribution in [2.75, 3.05) is 39.1 Å². The number of hydrogen-bond acceptors (Lipinski definition) is 4. The van der Waals surface area contributed by atoms with Crippen LogP contribution in [-0.2, 0) is 9.53 Å². The van der Waals surface area contributed by atoms with Crippen LogP contribution in [-0.4, -0.2) is 44.2 Å². The highest BCUT2D eigenvalue weighted by atomic mass is 16.5. The number of carbonyl (C=O) groups is 1. The third-order valence-electron chi connectivity index (χ3n) is 3.26. The van der Waals surface area contributed by atoms with E-state index in [0.717, 1.165) is 19.5 Å². The SMILES string of the molecule is COCC1CCN(C(=O)COc2cccc(N)c2)C1. The first kappa shape index (κ1) is 13.7. The highest BCUT2D eigenvalue weighted by Gasteiger charge is 2.26. The molecule has 5 heteroatoms. The van der Waals surface area contributed by atoms with Crippen LogP contribution in [0.2, 0.25) is 0 Å². The number of likely N-dealkylation sites (tertiary alicyclic amines) is 1. The number of nitrogens with zero attached hydrogens (tertiary/aromatic N) is 1. The van der Waals surface area contributed by atoms with Gasteiger partial charge in [-0.05, 0) is 18.6 Å². The number of nitrogen functional groups attached to an aromatic ring is 1. The van der Waals surface area contributed by atoms with Crippen molar-refractivity contribution in [2.45, 2.75) is 6.42 Å². The summed E-state index contributed by atoms with van der Waals surface area (Å²) in [5.41, 5.74) is 6.28. The standard InChI is InChI=1S/C14H20N2O3/c1-18-9-11-5-6-16(8-11)14(17)10-19-13-4-2-3-12(15)7-13/h2-4,7,11H,5-6,8-10,15H2,1H3. The highest BCUT2D eigenvalue weighted by Crippen LogP contribution is 2.18. The van der Waals surface area contributed by atoms with Crippen LogP contribution < -0.4 is 10.5 Å². The van der Waals surface area contributed by atoms with Crippen molar-refractivity contribution in [1.29, 1.82) is 0 Å². The zero-order valence-electron chi connectivity index (χ0n) is 11.2. The van der Waals surface area contributed by atoms with E-state index < -0.39 is 0 Å². The topological polar surface area (TPSA) is 64.8 Å². The largest absolute Gasteiger partial charge is 0.484 e. The molecule has 1 amide bonds. The van der Waals surface area contributed by atoms with E-state index >= 15 is 0 Å². The predicted molar refractivity (Wildman–Crippen MR) is 72.9 cm³/mol. The predicted octanol–water partition coefficient (Wildman–Crippen LogP) is 1.14.